The van der Waals surface area contributed by atoms with Gasteiger partial charge in [-0.1, -0.05) is 75.8 Å². The van der Waals surface area contributed by atoms with Crippen molar-refractivity contribution >= 4 is 29.6 Å². The van der Waals surface area contributed by atoms with Crippen molar-refractivity contribution in [1.82, 2.24) is 5.32 Å². The van der Waals surface area contributed by atoms with Gasteiger partial charge in [0.2, 0.25) is 5.91 Å². The van der Waals surface area contributed by atoms with Gasteiger partial charge >= 0.3 is 24.1 Å². The number of carbonyl (C=O) groups is 5. The van der Waals surface area contributed by atoms with Gasteiger partial charge in [-0.15, -0.1) is 0 Å². The number of halogens is 3. The number of ketones is 1. The lowest BCUT2D eigenvalue weighted by atomic mass is 9.82. The van der Waals surface area contributed by atoms with E-state index in [1.807, 2.05) is 0 Å². The number of hydrogen-bond donors (Lipinski definition) is 5. The summed E-state index contributed by atoms with van der Waals surface area (Å²) in [6.07, 6.45) is 5.88. The molecule has 0 fully saturated rings. The average molecular weight is 736 g/mol. The van der Waals surface area contributed by atoms with Gasteiger partial charge in [-0.2, -0.15) is 13.2 Å². The van der Waals surface area contributed by atoms with Crippen molar-refractivity contribution in [2.45, 2.75) is 115 Å². The van der Waals surface area contributed by atoms with E-state index in [2.05, 4.69) is 12.2 Å². The summed E-state index contributed by atoms with van der Waals surface area (Å²) in [5.41, 5.74) is -3.66. The second-order valence-electron chi connectivity index (χ2n) is 12.7. The third kappa shape index (κ3) is 15.3. The van der Waals surface area contributed by atoms with Crippen molar-refractivity contribution in [3.8, 4) is 11.5 Å². The van der Waals surface area contributed by atoms with Gasteiger partial charge in [-0.3, -0.25) is 14.4 Å². The molecule has 0 spiro atoms. The molecule has 0 heterocycles. The summed E-state index contributed by atoms with van der Waals surface area (Å²) in [7, 11) is 0. The molecule has 0 unspecified atom stereocenters. The molecule has 14 heteroatoms. The normalized spacial score (nSPS) is 13.9. The number of aliphatic carboxylic acids is 3. The van der Waals surface area contributed by atoms with Crippen LogP contribution >= 0.6 is 0 Å². The van der Waals surface area contributed by atoms with Crippen molar-refractivity contribution in [2.75, 3.05) is 0 Å². The molecule has 2 rings (SSSR count). The van der Waals surface area contributed by atoms with Gasteiger partial charge in [0.1, 0.15) is 23.3 Å². The molecule has 1 amide bonds. The van der Waals surface area contributed by atoms with E-state index >= 15 is 0 Å². The number of Topliss-reactive ketones (excluding diaryl/α,β-unsaturated/α-hetero) is 1. The van der Waals surface area contributed by atoms with E-state index in [1.165, 1.54) is 48.9 Å². The molecule has 0 aliphatic carbocycles. The quantitative estimate of drug-likeness (QED) is 0.0510. The van der Waals surface area contributed by atoms with Crippen LogP contribution in [-0.2, 0) is 36.6 Å². The number of carboxylic acid groups (broad SMARTS) is 3. The van der Waals surface area contributed by atoms with Crippen LogP contribution in [0.4, 0.5) is 13.2 Å². The van der Waals surface area contributed by atoms with Gasteiger partial charge in [0.15, 0.2) is 5.60 Å². The Morgan fingerprint density at radius 1 is 0.827 bits per heavy atom. The van der Waals surface area contributed by atoms with Gasteiger partial charge < -0.3 is 30.5 Å². The lowest BCUT2D eigenvalue weighted by Gasteiger charge is -2.29. The molecule has 0 saturated carbocycles. The van der Waals surface area contributed by atoms with E-state index in [0.717, 1.165) is 63.2 Å². The molecule has 0 aliphatic heterocycles. The first kappa shape index (κ1) is 43.4. The lowest BCUT2D eigenvalue weighted by molar-refractivity contribution is -0.172. The minimum Gasteiger partial charge on any atom is -0.481 e. The standard InChI is InChI=1S/C38H48F3NO10/c1-2-3-4-7-10-15-28(43)16-11-8-5-6-9-12-18-31(37(51,36(49)50)25-33(44)45)34(46)42-32(35(47)48)23-26-19-21-29(22-20-26)52-30-17-13-14-27(24-30)38(39,40)41/h12-14,17-22,24,31-32,51H,2-11,15-16,23,25H2,1H3,(H,42,46)(H,44,45)(H,47,48)(H,49,50)/t31-,32+,37+/m1/s1. The number of allylic oxidation sites excluding steroid dienone is 1. The van der Waals surface area contributed by atoms with Crippen LogP contribution in [-0.4, -0.2) is 61.7 Å². The van der Waals surface area contributed by atoms with E-state index in [-0.39, 0.29) is 23.7 Å². The lowest BCUT2D eigenvalue weighted by Crippen LogP contribution is -2.55. The molecule has 3 atom stereocenters. The van der Waals surface area contributed by atoms with E-state index in [9.17, 15) is 57.6 Å². The van der Waals surface area contributed by atoms with Crippen LogP contribution in [0.15, 0.2) is 60.7 Å². The van der Waals surface area contributed by atoms with Gasteiger partial charge in [0.25, 0.3) is 0 Å². The highest BCUT2D eigenvalue weighted by Gasteiger charge is 2.49. The molecule has 11 nitrogen and oxygen atoms in total. The predicted octanol–water partition coefficient (Wildman–Crippen LogP) is 7.34. The Labute approximate surface area is 300 Å². The first-order valence-corrected chi connectivity index (χ1v) is 17.4. The van der Waals surface area contributed by atoms with Crippen LogP contribution in [0.2, 0.25) is 0 Å². The molecule has 0 radical (unpaired) electrons. The number of alkyl halides is 3. The molecule has 0 aliphatic rings. The van der Waals surface area contributed by atoms with Crippen molar-refractivity contribution in [3.05, 3.63) is 71.8 Å². The van der Waals surface area contributed by atoms with Crippen LogP contribution in [0, 0.1) is 5.92 Å². The molecule has 52 heavy (non-hydrogen) atoms. The van der Waals surface area contributed by atoms with Crippen molar-refractivity contribution in [2.24, 2.45) is 5.92 Å². The van der Waals surface area contributed by atoms with Crippen molar-refractivity contribution < 1.29 is 62.3 Å². The number of unbranched alkanes of at least 4 members (excludes halogenated alkanes) is 8. The number of amides is 1. The first-order valence-electron chi connectivity index (χ1n) is 17.4. The smallest absolute Gasteiger partial charge is 0.416 e. The number of aliphatic hydroxyl groups is 1. The van der Waals surface area contributed by atoms with Gasteiger partial charge in [-0.25, -0.2) is 9.59 Å². The molecule has 0 aromatic heterocycles. The maximum absolute atomic E-state index is 13.4. The fourth-order valence-electron chi connectivity index (χ4n) is 5.50. The summed E-state index contributed by atoms with van der Waals surface area (Å²) in [6, 6.07) is 8.18. The topological polar surface area (TPSA) is 188 Å². The Kier molecular flexibility index (Phi) is 18.0. The minimum atomic E-state index is -4.57. The SMILES string of the molecule is CCCCCCCC(=O)CCCCCCC=C[C@H](C(=O)N[C@@H](Cc1ccc(Oc2cccc(C(F)(F)F)c2)cc1)C(=O)O)[C@@](O)(CC(=O)O)C(=O)O. The molecule has 0 saturated heterocycles. The van der Waals surface area contributed by atoms with Crippen molar-refractivity contribution in [3.63, 3.8) is 0 Å². The zero-order valence-electron chi connectivity index (χ0n) is 29.2. The van der Waals surface area contributed by atoms with Gasteiger partial charge in [0, 0.05) is 19.3 Å². The van der Waals surface area contributed by atoms with E-state index < -0.39 is 59.5 Å². The summed E-state index contributed by atoms with van der Waals surface area (Å²) < 4.78 is 44.6. The highest BCUT2D eigenvalue weighted by Crippen LogP contribution is 2.33. The minimum absolute atomic E-state index is 0.0834. The summed E-state index contributed by atoms with van der Waals surface area (Å²) >= 11 is 0. The first-order chi connectivity index (χ1) is 24.6. The summed E-state index contributed by atoms with van der Waals surface area (Å²) in [5, 5.41) is 42.0. The Morgan fingerprint density at radius 3 is 2.00 bits per heavy atom. The number of carboxylic acids is 3. The molecule has 286 valence electrons. The average Bonchev–Trinajstić information content (AvgIpc) is 3.07. The molecule has 0 bridgehead atoms. The summed E-state index contributed by atoms with van der Waals surface area (Å²) in [6.45, 7) is 2.13. The highest BCUT2D eigenvalue weighted by atomic mass is 19.4. The summed E-state index contributed by atoms with van der Waals surface area (Å²) in [5.74, 6) is -8.10. The van der Waals surface area contributed by atoms with Crippen LogP contribution in [0.25, 0.3) is 0 Å². The maximum Gasteiger partial charge on any atom is 0.416 e. The second kappa shape index (κ2) is 21.6. The van der Waals surface area contributed by atoms with Gasteiger partial charge in [-0.05, 0) is 61.6 Å². The van der Waals surface area contributed by atoms with E-state index in [1.54, 1.807) is 0 Å². The van der Waals surface area contributed by atoms with Crippen LogP contribution < -0.4 is 10.1 Å². The van der Waals surface area contributed by atoms with Gasteiger partial charge in [0.05, 0.1) is 17.9 Å². The number of hydrogen-bond acceptors (Lipinski definition) is 7. The molecular weight excluding hydrogens is 687 g/mol. The molecule has 5 N–H and O–H groups in total. The summed E-state index contributed by atoms with van der Waals surface area (Å²) in [4.78, 5) is 61.1. The zero-order valence-corrected chi connectivity index (χ0v) is 29.2. The fourth-order valence-corrected chi connectivity index (χ4v) is 5.50. The predicted molar refractivity (Wildman–Crippen MR) is 185 cm³/mol. The fraction of sp³-hybridized carbons (Fsp3) is 0.500. The number of ether oxygens (including phenoxy) is 1. The Hall–Kier alpha value is -4.72. The third-order valence-electron chi connectivity index (χ3n) is 8.43. The maximum atomic E-state index is 13.4. The second-order valence-corrected chi connectivity index (χ2v) is 12.7. The molecule has 2 aromatic carbocycles. The number of nitrogens with one attached hydrogen (secondary N) is 1. The number of carbonyl (C=O) groups excluding carboxylic acids is 2. The van der Waals surface area contributed by atoms with Crippen LogP contribution in [0.1, 0.15) is 102 Å². The van der Waals surface area contributed by atoms with Crippen LogP contribution in [0.3, 0.4) is 0 Å². The largest absolute Gasteiger partial charge is 0.481 e. The van der Waals surface area contributed by atoms with E-state index in [0.29, 0.717) is 31.2 Å². The Morgan fingerprint density at radius 2 is 1.44 bits per heavy atom. The number of rotatable bonds is 25. The van der Waals surface area contributed by atoms with Crippen LogP contribution in [0.5, 0.6) is 11.5 Å². The third-order valence-corrected chi connectivity index (χ3v) is 8.43. The van der Waals surface area contributed by atoms with E-state index in [4.69, 9.17) is 4.74 Å². The molecule has 2 aromatic rings. The van der Waals surface area contributed by atoms with Crippen molar-refractivity contribution in [1.29, 1.82) is 0 Å². The highest BCUT2D eigenvalue weighted by molar-refractivity contribution is 5.94. The monoisotopic (exact) mass is 735 g/mol. The zero-order chi connectivity index (χ0) is 38.7. The Balaban J connectivity index is 2.04. The number of benzene rings is 2. The molecular formula is C38H48F3NO10. The Bertz CT molecular complexity index is 1510.